The molecule has 0 N–H and O–H groups in total. The van der Waals surface area contributed by atoms with Crippen LogP contribution >= 0.6 is 11.6 Å². The quantitative estimate of drug-likeness (QED) is 0.670. The molecule has 0 radical (unpaired) electrons. The maximum atomic E-state index is 12.5. The molecule has 0 spiro atoms. The van der Waals surface area contributed by atoms with Crippen LogP contribution in [0.15, 0.2) is 60.8 Å². The highest BCUT2D eigenvalue weighted by atomic mass is 35.5. The third kappa shape index (κ3) is 2.56. The highest BCUT2D eigenvalue weighted by Gasteiger charge is 2.10. The zero-order valence-corrected chi connectivity index (χ0v) is 11.5. The Balaban J connectivity index is 1.94. The van der Waals surface area contributed by atoms with Gasteiger partial charge in [-0.05, 0) is 29.8 Å². The van der Waals surface area contributed by atoms with Gasteiger partial charge in [-0.25, -0.2) is 0 Å². The van der Waals surface area contributed by atoms with Crippen molar-refractivity contribution in [1.82, 2.24) is 4.98 Å². The van der Waals surface area contributed by atoms with E-state index in [1.807, 2.05) is 42.5 Å². The minimum atomic E-state index is 0.0888. The lowest BCUT2D eigenvalue weighted by molar-refractivity contribution is 0.0994. The molecule has 0 atom stereocenters. The number of carbonyl (C=O) groups excluding carboxylic acids is 1. The number of benzene rings is 2. The van der Waals surface area contributed by atoms with Crippen LogP contribution in [0.3, 0.4) is 0 Å². The molecule has 3 aromatic rings. The maximum Gasteiger partial charge on any atom is 0.167 e. The average molecular weight is 282 g/mol. The second-order valence-electron chi connectivity index (χ2n) is 4.60. The molecule has 98 valence electrons. The Hall–Kier alpha value is -2.19. The first-order valence-electron chi connectivity index (χ1n) is 6.35. The Morgan fingerprint density at radius 3 is 2.60 bits per heavy atom. The Bertz CT molecular complexity index is 760. The van der Waals surface area contributed by atoms with E-state index in [1.54, 1.807) is 18.3 Å². The first-order chi connectivity index (χ1) is 9.74. The Labute approximate surface area is 122 Å². The monoisotopic (exact) mass is 281 g/mol. The van der Waals surface area contributed by atoms with Crippen molar-refractivity contribution in [3.63, 3.8) is 0 Å². The van der Waals surface area contributed by atoms with Crippen LogP contribution in [0, 0.1) is 0 Å². The smallest absolute Gasteiger partial charge is 0.167 e. The van der Waals surface area contributed by atoms with Crippen molar-refractivity contribution in [3.8, 4) is 0 Å². The summed E-state index contributed by atoms with van der Waals surface area (Å²) < 4.78 is 0. The number of carbonyl (C=O) groups is 1. The third-order valence-corrected chi connectivity index (χ3v) is 3.48. The SMILES string of the molecule is O=C(Cc1ccc(Cl)cc1)c1cccc2ncccc12. The second kappa shape index (κ2) is 5.43. The molecule has 0 amide bonds. The fourth-order valence-corrected chi connectivity index (χ4v) is 2.36. The number of aromatic nitrogens is 1. The van der Waals surface area contributed by atoms with Gasteiger partial charge in [0.05, 0.1) is 5.52 Å². The summed E-state index contributed by atoms with van der Waals surface area (Å²) in [6.45, 7) is 0. The Morgan fingerprint density at radius 2 is 1.80 bits per heavy atom. The van der Waals surface area contributed by atoms with Gasteiger partial charge in [0, 0.05) is 28.6 Å². The topological polar surface area (TPSA) is 30.0 Å². The van der Waals surface area contributed by atoms with Crippen molar-refractivity contribution in [2.75, 3.05) is 0 Å². The van der Waals surface area contributed by atoms with Crippen molar-refractivity contribution in [2.24, 2.45) is 0 Å². The molecule has 0 fully saturated rings. The van der Waals surface area contributed by atoms with Crippen molar-refractivity contribution < 1.29 is 4.79 Å². The molecule has 0 unspecified atom stereocenters. The van der Waals surface area contributed by atoms with Crippen LogP contribution in [0.25, 0.3) is 10.9 Å². The molecule has 20 heavy (non-hydrogen) atoms. The predicted octanol–water partition coefficient (Wildman–Crippen LogP) is 4.31. The zero-order chi connectivity index (χ0) is 13.9. The van der Waals surface area contributed by atoms with Crippen LogP contribution in [0.1, 0.15) is 15.9 Å². The van der Waals surface area contributed by atoms with Crippen molar-refractivity contribution >= 4 is 28.3 Å². The van der Waals surface area contributed by atoms with E-state index in [2.05, 4.69) is 4.98 Å². The van der Waals surface area contributed by atoms with E-state index < -0.39 is 0 Å². The van der Waals surface area contributed by atoms with Crippen molar-refractivity contribution in [1.29, 1.82) is 0 Å². The molecule has 2 aromatic carbocycles. The van der Waals surface area contributed by atoms with Gasteiger partial charge < -0.3 is 0 Å². The molecule has 0 aliphatic carbocycles. The molecular formula is C17H12ClNO. The number of nitrogens with zero attached hydrogens (tertiary/aromatic N) is 1. The summed E-state index contributed by atoms with van der Waals surface area (Å²) in [4.78, 5) is 16.7. The van der Waals surface area contributed by atoms with E-state index in [4.69, 9.17) is 11.6 Å². The second-order valence-corrected chi connectivity index (χ2v) is 5.04. The average Bonchev–Trinajstić information content (AvgIpc) is 2.49. The summed E-state index contributed by atoms with van der Waals surface area (Å²) in [5.74, 6) is 0.0888. The van der Waals surface area contributed by atoms with Gasteiger partial charge in [0.15, 0.2) is 5.78 Å². The minimum absolute atomic E-state index is 0.0888. The number of hydrogen-bond acceptors (Lipinski definition) is 2. The van der Waals surface area contributed by atoms with E-state index in [0.29, 0.717) is 17.0 Å². The number of ketones is 1. The predicted molar refractivity (Wildman–Crippen MR) is 81.2 cm³/mol. The van der Waals surface area contributed by atoms with Gasteiger partial charge in [0.1, 0.15) is 0 Å². The highest BCUT2D eigenvalue weighted by molar-refractivity contribution is 6.30. The minimum Gasteiger partial charge on any atom is -0.294 e. The fourth-order valence-electron chi connectivity index (χ4n) is 2.23. The summed E-state index contributed by atoms with van der Waals surface area (Å²) in [6.07, 6.45) is 2.10. The lowest BCUT2D eigenvalue weighted by Gasteiger charge is -2.05. The number of halogens is 1. The lowest BCUT2D eigenvalue weighted by atomic mass is 9.99. The van der Waals surface area contributed by atoms with Crippen LogP contribution in [0.2, 0.25) is 5.02 Å². The van der Waals surface area contributed by atoms with Gasteiger partial charge >= 0.3 is 0 Å². The number of rotatable bonds is 3. The van der Waals surface area contributed by atoms with Crippen molar-refractivity contribution in [3.05, 3.63) is 76.9 Å². The molecule has 2 nitrogen and oxygen atoms in total. The Kier molecular flexibility index (Phi) is 3.48. The molecule has 1 aromatic heterocycles. The molecular weight excluding hydrogens is 270 g/mol. The number of Topliss-reactive ketones (excluding diaryl/α,β-unsaturated/α-hetero) is 1. The van der Waals surface area contributed by atoms with Gasteiger partial charge in [-0.3, -0.25) is 9.78 Å². The van der Waals surface area contributed by atoms with E-state index in [-0.39, 0.29) is 5.78 Å². The maximum absolute atomic E-state index is 12.5. The zero-order valence-electron chi connectivity index (χ0n) is 10.7. The number of hydrogen-bond donors (Lipinski definition) is 0. The van der Waals surface area contributed by atoms with E-state index in [1.165, 1.54) is 0 Å². The molecule has 0 bridgehead atoms. The van der Waals surface area contributed by atoms with Gasteiger partial charge in [-0.1, -0.05) is 41.9 Å². The van der Waals surface area contributed by atoms with Gasteiger partial charge in [-0.15, -0.1) is 0 Å². The normalized spacial score (nSPS) is 10.7. The standard InChI is InChI=1S/C17H12ClNO/c18-13-8-6-12(7-9-13)11-17(20)15-3-1-5-16-14(15)4-2-10-19-16/h1-10H,11H2. The van der Waals surface area contributed by atoms with E-state index in [9.17, 15) is 4.79 Å². The van der Waals surface area contributed by atoms with E-state index in [0.717, 1.165) is 16.5 Å². The molecule has 1 heterocycles. The molecule has 3 heteroatoms. The third-order valence-electron chi connectivity index (χ3n) is 3.22. The summed E-state index contributed by atoms with van der Waals surface area (Å²) in [5.41, 5.74) is 2.51. The summed E-state index contributed by atoms with van der Waals surface area (Å²) in [5, 5.41) is 1.57. The van der Waals surface area contributed by atoms with Crippen LogP contribution < -0.4 is 0 Å². The number of fused-ring (bicyclic) bond motifs is 1. The molecule has 0 saturated heterocycles. The first kappa shape index (κ1) is 12.8. The molecule has 0 aliphatic heterocycles. The number of pyridine rings is 1. The Morgan fingerprint density at radius 1 is 1.00 bits per heavy atom. The van der Waals surface area contributed by atoms with Crippen LogP contribution in [-0.2, 0) is 6.42 Å². The van der Waals surface area contributed by atoms with Gasteiger partial charge in [0.2, 0.25) is 0 Å². The van der Waals surface area contributed by atoms with Crippen LogP contribution in [0.5, 0.6) is 0 Å². The van der Waals surface area contributed by atoms with Crippen LogP contribution in [0.4, 0.5) is 0 Å². The van der Waals surface area contributed by atoms with Crippen LogP contribution in [-0.4, -0.2) is 10.8 Å². The van der Waals surface area contributed by atoms with Gasteiger partial charge in [0.25, 0.3) is 0 Å². The highest BCUT2D eigenvalue weighted by Crippen LogP contribution is 2.19. The summed E-state index contributed by atoms with van der Waals surface area (Å²) >= 11 is 5.85. The summed E-state index contributed by atoms with van der Waals surface area (Å²) in [6, 6.07) is 16.8. The molecule has 3 rings (SSSR count). The first-order valence-corrected chi connectivity index (χ1v) is 6.73. The molecule has 0 aliphatic rings. The van der Waals surface area contributed by atoms with Gasteiger partial charge in [-0.2, -0.15) is 0 Å². The fraction of sp³-hybridized carbons (Fsp3) is 0.0588. The summed E-state index contributed by atoms with van der Waals surface area (Å²) in [7, 11) is 0. The van der Waals surface area contributed by atoms with Crippen molar-refractivity contribution in [2.45, 2.75) is 6.42 Å². The van der Waals surface area contributed by atoms with E-state index >= 15 is 0 Å². The molecule has 0 saturated carbocycles. The largest absolute Gasteiger partial charge is 0.294 e. The lowest BCUT2D eigenvalue weighted by Crippen LogP contribution is -2.04.